The number of aliphatic carboxylic acids is 1. The molecule has 0 spiro atoms. The van der Waals surface area contributed by atoms with Crippen LogP contribution in [0, 0.1) is 5.92 Å². The predicted molar refractivity (Wildman–Crippen MR) is 74.9 cm³/mol. The molecule has 2 rings (SSSR count). The number of nitrogens with zero attached hydrogens (tertiary/aromatic N) is 3. The van der Waals surface area contributed by atoms with Crippen molar-refractivity contribution >= 4 is 11.9 Å². The van der Waals surface area contributed by atoms with Gasteiger partial charge < -0.3 is 15.7 Å². The fourth-order valence-corrected chi connectivity index (χ4v) is 2.36. The average Bonchev–Trinajstić information content (AvgIpc) is 2.94. The summed E-state index contributed by atoms with van der Waals surface area (Å²) in [7, 11) is 0. The lowest BCUT2D eigenvalue weighted by Gasteiger charge is -2.22. The number of rotatable bonds is 5. The summed E-state index contributed by atoms with van der Waals surface area (Å²) in [5.41, 5.74) is 0.153. The van der Waals surface area contributed by atoms with Gasteiger partial charge in [0, 0.05) is 0 Å². The van der Waals surface area contributed by atoms with E-state index in [9.17, 15) is 9.59 Å². The van der Waals surface area contributed by atoms with Crippen molar-refractivity contribution in [3.8, 4) is 0 Å². The quantitative estimate of drug-likeness (QED) is 0.707. The standard InChI is InChI=1S/C13H21N5O3/c1-8(2)11(13(20)21)15-12(19)10-7-18(17-16-10)9-3-5-14-6-4-9/h7-9,11,14H,3-6H2,1-2H3,(H,15,19)(H,20,21)/t11-/m0/s1. The molecule has 3 N–H and O–H groups in total. The van der Waals surface area contributed by atoms with Crippen molar-refractivity contribution in [2.24, 2.45) is 5.92 Å². The number of carbonyl (C=O) groups is 2. The molecule has 116 valence electrons. The van der Waals surface area contributed by atoms with E-state index in [2.05, 4.69) is 20.9 Å². The highest BCUT2D eigenvalue weighted by Gasteiger charge is 2.26. The zero-order chi connectivity index (χ0) is 15.4. The van der Waals surface area contributed by atoms with E-state index in [1.54, 1.807) is 24.7 Å². The maximum atomic E-state index is 12.1. The van der Waals surface area contributed by atoms with Crippen molar-refractivity contribution in [3.05, 3.63) is 11.9 Å². The summed E-state index contributed by atoms with van der Waals surface area (Å²) in [5, 5.41) is 22.7. The van der Waals surface area contributed by atoms with Crippen LogP contribution in [0.1, 0.15) is 43.2 Å². The van der Waals surface area contributed by atoms with Gasteiger partial charge in [0.1, 0.15) is 6.04 Å². The largest absolute Gasteiger partial charge is 0.480 e. The van der Waals surface area contributed by atoms with Crippen molar-refractivity contribution in [2.45, 2.75) is 38.8 Å². The first-order valence-corrected chi connectivity index (χ1v) is 7.15. The van der Waals surface area contributed by atoms with Crippen LogP contribution in [0.25, 0.3) is 0 Å². The number of carboxylic acid groups (broad SMARTS) is 1. The Morgan fingerprint density at radius 1 is 1.43 bits per heavy atom. The number of aromatic nitrogens is 3. The maximum absolute atomic E-state index is 12.1. The second-order valence-corrected chi connectivity index (χ2v) is 5.60. The third-order valence-electron chi connectivity index (χ3n) is 3.65. The van der Waals surface area contributed by atoms with E-state index < -0.39 is 17.9 Å². The van der Waals surface area contributed by atoms with Crippen LogP contribution in [-0.4, -0.2) is 51.1 Å². The zero-order valence-corrected chi connectivity index (χ0v) is 12.2. The van der Waals surface area contributed by atoms with E-state index in [4.69, 9.17) is 5.11 Å². The van der Waals surface area contributed by atoms with Crippen molar-refractivity contribution in [1.29, 1.82) is 0 Å². The highest BCUT2D eigenvalue weighted by Crippen LogP contribution is 2.17. The Hall–Kier alpha value is -1.96. The predicted octanol–water partition coefficient (Wildman–Crippen LogP) is 0.0416. The van der Waals surface area contributed by atoms with Gasteiger partial charge in [0.05, 0.1) is 12.2 Å². The Balaban J connectivity index is 2.02. The fraction of sp³-hybridized carbons (Fsp3) is 0.692. The van der Waals surface area contributed by atoms with Gasteiger partial charge in [0.2, 0.25) is 0 Å². The summed E-state index contributed by atoms with van der Waals surface area (Å²) < 4.78 is 1.70. The Kier molecular flexibility index (Phi) is 4.89. The SMILES string of the molecule is CC(C)[C@H](NC(=O)c1cn(C2CCNCC2)nn1)C(=O)O. The minimum atomic E-state index is -1.05. The highest BCUT2D eigenvalue weighted by atomic mass is 16.4. The van der Waals surface area contributed by atoms with Crippen molar-refractivity contribution in [2.75, 3.05) is 13.1 Å². The molecular weight excluding hydrogens is 274 g/mol. The molecule has 0 radical (unpaired) electrons. The van der Waals surface area contributed by atoms with Crippen molar-refractivity contribution < 1.29 is 14.7 Å². The Labute approximate surface area is 122 Å². The van der Waals surface area contributed by atoms with Crippen LogP contribution in [0.15, 0.2) is 6.20 Å². The number of piperidine rings is 1. The Morgan fingerprint density at radius 2 is 2.10 bits per heavy atom. The minimum Gasteiger partial charge on any atom is -0.480 e. The second-order valence-electron chi connectivity index (χ2n) is 5.60. The lowest BCUT2D eigenvalue weighted by Crippen LogP contribution is -2.44. The van der Waals surface area contributed by atoms with Gasteiger partial charge in [-0.15, -0.1) is 5.10 Å². The van der Waals surface area contributed by atoms with E-state index in [0.717, 1.165) is 25.9 Å². The van der Waals surface area contributed by atoms with Crippen LogP contribution in [0.2, 0.25) is 0 Å². The Bertz CT molecular complexity index is 508. The molecule has 1 aromatic heterocycles. The topological polar surface area (TPSA) is 109 Å². The van der Waals surface area contributed by atoms with E-state index in [1.807, 2.05) is 0 Å². The Morgan fingerprint density at radius 3 is 2.67 bits per heavy atom. The molecule has 1 atom stereocenters. The molecule has 0 aliphatic carbocycles. The molecule has 1 aromatic rings. The lowest BCUT2D eigenvalue weighted by molar-refractivity contribution is -0.140. The molecule has 1 aliphatic rings. The number of nitrogens with one attached hydrogen (secondary N) is 2. The number of amides is 1. The summed E-state index contributed by atoms with van der Waals surface area (Å²) in [4.78, 5) is 23.2. The van der Waals surface area contributed by atoms with Crippen molar-refractivity contribution in [1.82, 2.24) is 25.6 Å². The van der Waals surface area contributed by atoms with Crippen LogP contribution in [0.4, 0.5) is 0 Å². The molecular formula is C13H21N5O3. The molecule has 8 nitrogen and oxygen atoms in total. The number of carboxylic acids is 1. The first-order valence-electron chi connectivity index (χ1n) is 7.15. The summed E-state index contributed by atoms with van der Waals surface area (Å²) in [6.07, 6.45) is 3.47. The summed E-state index contributed by atoms with van der Waals surface area (Å²) in [5.74, 6) is -1.76. The summed E-state index contributed by atoms with van der Waals surface area (Å²) in [6, 6.07) is -0.692. The van der Waals surface area contributed by atoms with Gasteiger partial charge in [0.15, 0.2) is 5.69 Å². The fourth-order valence-electron chi connectivity index (χ4n) is 2.36. The number of carbonyl (C=O) groups excluding carboxylic acids is 1. The molecule has 1 amide bonds. The van der Waals surface area contributed by atoms with Crippen LogP contribution >= 0.6 is 0 Å². The van der Waals surface area contributed by atoms with Gasteiger partial charge in [-0.3, -0.25) is 4.79 Å². The molecule has 0 bridgehead atoms. The molecule has 1 fully saturated rings. The van der Waals surface area contributed by atoms with Gasteiger partial charge in [-0.1, -0.05) is 19.1 Å². The molecule has 21 heavy (non-hydrogen) atoms. The van der Waals surface area contributed by atoms with E-state index in [-0.39, 0.29) is 17.7 Å². The normalized spacial score (nSPS) is 17.7. The molecule has 8 heteroatoms. The van der Waals surface area contributed by atoms with Crippen LogP contribution in [0.5, 0.6) is 0 Å². The number of hydrogen-bond acceptors (Lipinski definition) is 5. The maximum Gasteiger partial charge on any atom is 0.326 e. The van der Waals surface area contributed by atoms with Gasteiger partial charge in [-0.25, -0.2) is 9.48 Å². The van der Waals surface area contributed by atoms with Crippen LogP contribution < -0.4 is 10.6 Å². The van der Waals surface area contributed by atoms with Gasteiger partial charge >= 0.3 is 5.97 Å². The van der Waals surface area contributed by atoms with Crippen LogP contribution in [-0.2, 0) is 4.79 Å². The lowest BCUT2D eigenvalue weighted by atomic mass is 10.0. The molecule has 0 unspecified atom stereocenters. The molecule has 2 heterocycles. The smallest absolute Gasteiger partial charge is 0.326 e. The van der Waals surface area contributed by atoms with Crippen molar-refractivity contribution in [3.63, 3.8) is 0 Å². The molecule has 1 aliphatic heterocycles. The first-order chi connectivity index (χ1) is 9.99. The van der Waals surface area contributed by atoms with E-state index >= 15 is 0 Å². The zero-order valence-electron chi connectivity index (χ0n) is 12.2. The third kappa shape index (κ3) is 3.78. The number of hydrogen-bond donors (Lipinski definition) is 3. The van der Waals surface area contributed by atoms with Gasteiger partial charge in [-0.05, 0) is 31.8 Å². The minimum absolute atomic E-state index is 0.153. The molecule has 0 saturated carbocycles. The van der Waals surface area contributed by atoms with E-state index in [1.165, 1.54) is 0 Å². The third-order valence-corrected chi connectivity index (χ3v) is 3.65. The van der Waals surface area contributed by atoms with E-state index in [0.29, 0.717) is 0 Å². The highest BCUT2D eigenvalue weighted by molar-refractivity contribution is 5.94. The van der Waals surface area contributed by atoms with Crippen LogP contribution in [0.3, 0.4) is 0 Å². The molecule has 1 saturated heterocycles. The monoisotopic (exact) mass is 295 g/mol. The van der Waals surface area contributed by atoms with Gasteiger partial charge in [0.25, 0.3) is 5.91 Å². The van der Waals surface area contributed by atoms with Gasteiger partial charge in [-0.2, -0.15) is 0 Å². The summed E-state index contributed by atoms with van der Waals surface area (Å²) in [6.45, 7) is 5.32. The first kappa shape index (κ1) is 15.4. The average molecular weight is 295 g/mol. The molecule has 0 aromatic carbocycles. The summed E-state index contributed by atoms with van der Waals surface area (Å²) >= 11 is 0. The second kappa shape index (κ2) is 6.66.